The zero-order valence-corrected chi connectivity index (χ0v) is 10.9. The largest absolute Gasteiger partial charge is 0.368 e. The van der Waals surface area contributed by atoms with Crippen LogP contribution in [0.3, 0.4) is 0 Å². The van der Waals surface area contributed by atoms with Crippen molar-refractivity contribution in [3.63, 3.8) is 0 Å². The van der Waals surface area contributed by atoms with Gasteiger partial charge < -0.3 is 10.6 Å². The van der Waals surface area contributed by atoms with Crippen molar-refractivity contribution in [2.75, 3.05) is 32.1 Å². The van der Waals surface area contributed by atoms with Gasteiger partial charge in [-0.15, -0.1) is 11.8 Å². The third kappa shape index (κ3) is 3.08. The van der Waals surface area contributed by atoms with Crippen molar-refractivity contribution in [1.29, 1.82) is 0 Å². The molecule has 4 nitrogen and oxygen atoms in total. The number of hydrogen-bond donors (Lipinski definition) is 1. The van der Waals surface area contributed by atoms with Crippen LogP contribution in [0.5, 0.6) is 0 Å². The van der Waals surface area contributed by atoms with Crippen LogP contribution < -0.4 is 5.73 Å². The van der Waals surface area contributed by atoms with E-state index in [0.717, 1.165) is 28.2 Å². The minimum absolute atomic E-state index is 0.344. The van der Waals surface area contributed by atoms with Gasteiger partial charge in [0, 0.05) is 17.7 Å². The van der Waals surface area contributed by atoms with Gasteiger partial charge in [0.2, 0.25) is 5.95 Å². The molecule has 2 aromatic rings. The van der Waals surface area contributed by atoms with E-state index in [4.69, 9.17) is 5.73 Å². The molecule has 0 saturated carbocycles. The number of hydrogen-bond acceptors (Lipinski definition) is 5. The van der Waals surface area contributed by atoms with E-state index in [1.807, 2.05) is 24.3 Å². The molecular weight excluding hydrogens is 232 g/mol. The van der Waals surface area contributed by atoms with Gasteiger partial charge in [0.05, 0.1) is 5.52 Å². The molecule has 1 aromatic carbocycles. The van der Waals surface area contributed by atoms with Crippen LogP contribution in [0.4, 0.5) is 5.95 Å². The Balaban J connectivity index is 2.26. The SMILES string of the molecule is CN(C)CCSc1nc(N)nc2ccccc12. The first-order valence-electron chi connectivity index (χ1n) is 5.46. The summed E-state index contributed by atoms with van der Waals surface area (Å²) >= 11 is 1.72. The molecule has 17 heavy (non-hydrogen) atoms. The molecule has 0 radical (unpaired) electrons. The van der Waals surface area contributed by atoms with Gasteiger partial charge in [-0.2, -0.15) is 0 Å². The fourth-order valence-electron chi connectivity index (χ4n) is 1.50. The quantitative estimate of drug-likeness (QED) is 0.661. The molecule has 0 fully saturated rings. The molecule has 0 atom stereocenters. The number of nitrogen functional groups attached to an aromatic ring is 1. The molecule has 0 aliphatic carbocycles. The number of benzene rings is 1. The summed E-state index contributed by atoms with van der Waals surface area (Å²) in [6.45, 7) is 1.02. The molecule has 5 heteroatoms. The van der Waals surface area contributed by atoms with E-state index in [-0.39, 0.29) is 0 Å². The Morgan fingerprint density at radius 1 is 1.24 bits per heavy atom. The van der Waals surface area contributed by atoms with Crippen LogP contribution in [0.1, 0.15) is 0 Å². The minimum atomic E-state index is 0.344. The van der Waals surface area contributed by atoms with Crippen LogP contribution in [0.15, 0.2) is 29.3 Å². The second-order valence-electron chi connectivity index (χ2n) is 4.06. The van der Waals surface area contributed by atoms with Crippen LogP contribution in [0.25, 0.3) is 10.9 Å². The van der Waals surface area contributed by atoms with Crippen LogP contribution in [0, 0.1) is 0 Å². The first-order valence-corrected chi connectivity index (χ1v) is 6.45. The minimum Gasteiger partial charge on any atom is -0.368 e. The molecule has 0 unspecified atom stereocenters. The Labute approximate surface area is 105 Å². The Hall–Kier alpha value is -1.33. The second-order valence-corrected chi connectivity index (χ2v) is 5.14. The average Bonchev–Trinajstić information content (AvgIpc) is 2.28. The lowest BCUT2D eigenvalue weighted by atomic mass is 10.2. The molecule has 0 saturated heterocycles. The molecule has 2 rings (SSSR count). The van der Waals surface area contributed by atoms with Gasteiger partial charge in [0.25, 0.3) is 0 Å². The van der Waals surface area contributed by atoms with Gasteiger partial charge in [0.15, 0.2) is 0 Å². The van der Waals surface area contributed by atoms with Crippen molar-refractivity contribution in [3.8, 4) is 0 Å². The van der Waals surface area contributed by atoms with Gasteiger partial charge in [-0.25, -0.2) is 9.97 Å². The highest BCUT2D eigenvalue weighted by molar-refractivity contribution is 7.99. The normalized spacial score (nSPS) is 11.2. The predicted octanol–water partition coefficient (Wildman–Crippen LogP) is 1.87. The van der Waals surface area contributed by atoms with Crippen LogP contribution in [0.2, 0.25) is 0 Å². The molecule has 1 aromatic heterocycles. The van der Waals surface area contributed by atoms with Crippen molar-refractivity contribution >= 4 is 28.6 Å². The van der Waals surface area contributed by atoms with Gasteiger partial charge >= 0.3 is 0 Å². The highest BCUT2D eigenvalue weighted by Crippen LogP contribution is 2.25. The van der Waals surface area contributed by atoms with E-state index in [1.54, 1.807) is 11.8 Å². The van der Waals surface area contributed by atoms with E-state index in [1.165, 1.54) is 0 Å². The van der Waals surface area contributed by atoms with Crippen molar-refractivity contribution in [1.82, 2.24) is 14.9 Å². The smallest absolute Gasteiger partial charge is 0.221 e. The molecule has 0 bridgehead atoms. The number of para-hydroxylation sites is 1. The van der Waals surface area contributed by atoms with E-state index in [0.29, 0.717) is 5.95 Å². The van der Waals surface area contributed by atoms with Gasteiger partial charge in [-0.3, -0.25) is 0 Å². The number of rotatable bonds is 4. The Kier molecular flexibility index (Phi) is 3.81. The highest BCUT2D eigenvalue weighted by Gasteiger charge is 2.06. The van der Waals surface area contributed by atoms with Crippen molar-refractivity contribution < 1.29 is 0 Å². The average molecular weight is 248 g/mol. The highest BCUT2D eigenvalue weighted by atomic mass is 32.2. The maximum absolute atomic E-state index is 5.71. The summed E-state index contributed by atoms with van der Waals surface area (Å²) in [6, 6.07) is 7.96. The molecular formula is C12H16N4S. The summed E-state index contributed by atoms with van der Waals surface area (Å²) in [7, 11) is 4.13. The second kappa shape index (κ2) is 5.33. The van der Waals surface area contributed by atoms with Crippen molar-refractivity contribution in [2.24, 2.45) is 0 Å². The monoisotopic (exact) mass is 248 g/mol. The van der Waals surface area contributed by atoms with Gasteiger partial charge in [0.1, 0.15) is 5.03 Å². The predicted molar refractivity (Wildman–Crippen MR) is 73.2 cm³/mol. The lowest BCUT2D eigenvalue weighted by Gasteiger charge is -2.09. The summed E-state index contributed by atoms with van der Waals surface area (Å²) in [5, 5.41) is 2.04. The summed E-state index contributed by atoms with van der Waals surface area (Å²) in [5.74, 6) is 1.34. The fourth-order valence-corrected chi connectivity index (χ4v) is 2.64. The molecule has 90 valence electrons. The zero-order valence-electron chi connectivity index (χ0n) is 10.1. The van der Waals surface area contributed by atoms with Crippen LogP contribution in [-0.2, 0) is 0 Å². The number of fused-ring (bicyclic) bond motifs is 1. The fraction of sp³-hybridized carbons (Fsp3) is 0.333. The molecule has 1 heterocycles. The summed E-state index contributed by atoms with van der Waals surface area (Å²) in [6.07, 6.45) is 0. The molecule has 0 amide bonds. The van der Waals surface area contributed by atoms with E-state index in [9.17, 15) is 0 Å². The molecule has 0 aliphatic rings. The van der Waals surface area contributed by atoms with Crippen LogP contribution in [-0.4, -0.2) is 41.3 Å². The van der Waals surface area contributed by atoms with E-state index in [2.05, 4.69) is 29.0 Å². The van der Waals surface area contributed by atoms with Crippen LogP contribution >= 0.6 is 11.8 Å². The Bertz CT molecular complexity index is 513. The van der Waals surface area contributed by atoms with E-state index < -0.39 is 0 Å². The first kappa shape index (κ1) is 12.1. The van der Waals surface area contributed by atoms with Crippen molar-refractivity contribution in [2.45, 2.75) is 5.03 Å². The summed E-state index contributed by atoms with van der Waals surface area (Å²) in [4.78, 5) is 10.7. The summed E-state index contributed by atoms with van der Waals surface area (Å²) < 4.78 is 0. The lowest BCUT2D eigenvalue weighted by molar-refractivity contribution is 0.437. The molecule has 2 N–H and O–H groups in total. The van der Waals surface area contributed by atoms with Gasteiger partial charge in [-0.1, -0.05) is 18.2 Å². The summed E-state index contributed by atoms with van der Waals surface area (Å²) in [5.41, 5.74) is 6.62. The zero-order chi connectivity index (χ0) is 12.3. The molecule has 0 aliphatic heterocycles. The van der Waals surface area contributed by atoms with E-state index >= 15 is 0 Å². The standard InChI is InChI=1S/C12H16N4S/c1-16(2)7-8-17-11-9-5-3-4-6-10(9)14-12(13)15-11/h3-6H,7-8H2,1-2H3,(H2,13,14,15). The van der Waals surface area contributed by atoms with Crippen molar-refractivity contribution in [3.05, 3.63) is 24.3 Å². The first-order chi connectivity index (χ1) is 8.16. The van der Waals surface area contributed by atoms with Gasteiger partial charge in [-0.05, 0) is 20.2 Å². The maximum atomic E-state index is 5.71. The lowest BCUT2D eigenvalue weighted by Crippen LogP contribution is -2.14. The number of aromatic nitrogens is 2. The Morgan fingerprint density at radius 3 is 2.76 bits per heavy atom. The maximum Gasteiger partial charge on any atom is 0.221 e. The number of nitrogens with zero attached hydrogens (tertiary/aromatic N) is 3. The number of nitrogens with two attached hydrogens (primary N) is 1. The Morgan fingerprint density at radius 2 is 2.00 bits per heavy atom. The third-order valence-electron chi connectivity index (χ3n) is 2.36. The topological polar surface area (TPSA) is 55.0 Å². The number of anilines is 1. The number of thioether (sulfide) groups is 1. The molecule has 0 spiro atoms. The third-order valence-corrected chi connectivity index (χ3v) is 3.33.